The highest BCUT2D eigenvalue weighted by Gasteiger charge is 2.29. The van der Waals surface area contributed by atoms with E-state index in [9.17, 15) is 9.90 Å². The largest absolute Gasteiger partial charge is 0.394 e. The molecule has 6 heteroatoms. The lowest BCUT2D eigenvalue weighted by molar-refractivity contribution is -0.0858. The van der Waals surface area contributed by atoms with E-state index in [0.29, 0.717) is 30.8 Å². The van der Waals surface area contributed by atoms with Crippen LogP contribution in [0.3, 0.4) is 0 Å². The van der Waals surface area contributed by atoms with Crippen molar-refractivity contribution in [2.45, 2.75) is 39.4 Å². The average molecular weight is 279 g/mol. The summed E-state index contributed by atoms with van der Waals surface area (Å²) in [5.74, 6) is -0.0616. The fourth-order valence-electron chi connectivity index (χ4n) is 2.44. The molecule has 2 rings (SSSR count). The molecule has 1 amide bonds. The number of amides is 1. The third-order valence-corrected chi connectivity index (χ3v) is 3.37. The minimum absolute atomic E-state index is 0.0616. The molecule has 1 aliphatic rings. The second kappa shape index (κ2) is 6.28. The number of aromatic nitrogens is 2. The van der Waals surface area contributed by atoms with Crippen LogP contribution in [0.2, 0.25) is 0 Å². The Bertz CT molecular complexity index is 493. The maximum atomic E-state index is 12.7. The molecule has 20 heavy (non-hydrogen) atoms. The predicted octanol–water partition coefficient (Wildman–Crippen LogP) is 0.569. The second-order valence-corrected chi connectivity index (χ2v) is 5.16. The third-order valence-electron chi connectivity index (χ3n) is 3.37. The smallest absolute Gasteiger partial charge is 0.256 e. The van der Waals surface area contributed by atoms with Gasteiger partial charge >= 0.3 is 0 Å². The van der Waals surface area contributed by atoms with Gasteiger partial charge in [0.15, 0.2) is 0 Å². The van der Waals surface area contributed by atoms with Crippen LogP contribution in [0, 0.1) is 6.92 Å². The summed E-state index contributed by atoms with van der Waals surface area (Å²) in [5, 5.41) is 17.3. The van der Waals surface area contributed by atoms with Gasteiger partial charge in [-0.2, -0.15) is 10.2 Å². The molecule has 1 fully saturated rings. The lowest BCUT2D eigenvalue weighted by Gasteiger charge is -2.36. The Morgan fingerprint density at radius 3 is 2.90 bits per heavy atom. The van der Waals surface area contributed by atoms with Gasteiger partial charge in [0, 0.05) is 13.1 Å². The minimum atomic E-state index is -0.316. The highest BCUT2D eigenvalue weighted by molar-refractivity contribution is 5.95. The van der Waals surface area contributed by atoms with Crippen molar-refractivity contribution < 1.29 is 14.6 Å². The lowest BCUT2D eigenvalue weighted by Crippen LogP contribution is -2.50. The van der Waals surface area contributed by atoms with E-state index in [1.807, 2.05) is 20.8 Å². The molecule has 1 aliphatic heterocycles. The number of carbonyl (C=O) groups is 1. The number of aryl methyl sites for hydroxylation is 2. The highest BCUT2D eigenvalue weighted by Crippen LogP contribution is 2.16. The number of morpholine rings is 1. The van der Waals surface area contributed by atoms with Gasteiger partial charge in [-0.15, -0.1) is 0 Å². The Labute approximate surface area is 118 Å². The molecular weight excluding hydrogens is 258 g/mol. The zero-order valence-corrected chi connectivity index (χ0v) is 12.2. The molecule has 1 N–H and O–H groups in total. The van der Waals surface area contributed by atoms with E-state index in [1.54, 1.807) is 11.0 Å². The monoisotopic (exact) mass is 279 g/mol. The first-order valence-corrected chi connectivity index (χ1v) is 6.94. The van der Waals surface area contributed by atoms with Crippen molar-refractivity contribution in [3.8, 4) is 0 Å². The molecule has 2 heterocycles. The molecule has 0 aromatic carbocycles. The molecule has 0 aliphatic carbocycles. The van der Waals surface area contributed by atoms with E-state index >= 15 is 0 Å². The minimum Gasteiger partial charge on any atom is -0.394 e. The van der Waals surface area contributed by atoms with E-state index in [2.05, 4.69) is 10.2 Å². The first kappa shape index (κ1) is 14.9. The van der Waals surface area contributed by atoms with Gasteiger partial charge in [0.05, 0.1) is 35.8 Å². The van der Waals surface area contributed by atoms with Crippen molar-refractivity contribution in [1.29, 1.82) is 0 Å². The summed E-state index contributed by atoms with van der Waals surface area (Å²) in [5.41, 5.74) is 2.04. The molecular formula is C14H21N3O3. The number of aliphatic hydroxyl groups excluding tert-OH is 1. The third kappa shape index (κ3) is 3.13. The molecule has 0 radical (unpaired) electrons. The topological polar surface area (TPSA) is 75.6 Å². The lowest BCUT2D eigenvalue weighted by atomic mass is 10.1. The quantitative estimate of drug-likeness (QED) is 0.875. The van der Waals surface area contributed by atoms with Crippen LogP contribution in [-0.2, 0) is 11.2 Å². The molecule has 0 bridgehead atoms. The van der Waals surface area contributed by atoms with Crippen molar-refractivity contribution in [3.05, 3.63) is 23.0 Å². The number of nitrogens with zero attached hydrogens (tertiary/aromatic N) is 3. The van der Waals surface area contributed by atoms with E-state index in [1.165, 1.54) is 0 Å². The summed E-state index contributed by atoms with van der Waals surface area (Å²) in [7, 11) is 0. The SMILES string of the molecule is CCc1nnc(C)cc1C(=O)N1CC(C)OC(CO)C1. The average Bonchev–Trinajstić information content (AvgIpc) is 2.45. The maximum absolute atomic E-state index is 12.7. The fraction of sp³-hybridized carbons (Fsp3) is 0.643. The molecule has 110 valence electrons. The van der Waals surface area contributed by atoms with Crippen LogP contribution in [0.15, 0.2) is 6.07 Å². The molecule has 2 atom stereocenters. The van der Waals surface area contributed by atoms with Crippen LogP contribution in [0.4, 0.5) is 0 Å². The van der Waals surface area contributed by atoms with Crippen molar-refractivity contribution >= 4 is 5.91 Å². The summed E-state index contributed by atoms with van der Waals surface area (Å²) in [6.07, 6.45) is 0.270. The van der Waals surface area contributed by atoms with Crippen molar-refractivity contribution in [1.82, 2.24) is 15.1 Å². The summed E-state index contributed by atoms with van der Waals surface area (Å²) < 4.78 is 5.56. The summed E-state index contributed by atoms with van der Waals surface area (Å²) in [6, 6.07) is 1.78. The van der Waals surface area contributed by atoms with Crippen LogP contribution in [0.1, 0.15) is 35.6 Å². The zero-order valence-electron chi connectivity index (χ0n) is 12.2. The summed E-state index contributed by atoms with van der Waals surface area (Å²) >= 11 is 0. The normalized spacial score (nSPS) is 22.9. The van der Waals surface area contributed by atoms with Gasteiger partial charge < -0.3 is 14.7 Å². The van der Waals surface area contributed by atoms with Crippen LogP contribution < -0.4 is 0 Å². The molecule has 2 unspecified atom stereocenters. The summed E-state index contributed by atoms with van der Waals surface area (Å²) in [4.78, 5) is 14.4. The first-order chi connectivity index (χ1) is 9.55. The van der Waals surface area contributed by atoms with Crippen LogP contribution in [-0.4, -0.2) is 58.0 Å². The maximum Gasteiger partial charge on any atom is 0.256 e. The molecule has 1 aromatic heterocycles. The van der Waals surface area contributed by atoms with E-state index in [4.69, 9.17) is 4.74 Å². The van der Waals surface area contributed by atoms with Gasteiger partial charge in [0.2, 0.25) is 0 Å². The van der Waals surface area contributed by atoms with Gasteiger partial charge in [0.1, 0.15) is 0 Å². The number of hydrogen-bond acceptors (Lipinski definition) is 5. The molecule has 1 saturated heterocycles. The fourth-order valence-corrected chi connectivity index (χ4v) is 2.44. The highest BCUT2D eigenvalue weighted by atomic mass is 16.5. The predicted molar refractivity (Wildman–Crippen MR) is 73.5 cm³/mol. The van der Waals surface area contributed by atoms with Crippen molar-refractivity contribution in [2.24, 2.45) is 0 Å². The summed E-state index contributed by atoms with van der Waals surface area (Å²) in [6.45, 7) is 6.53. The number of carbonyl (C=O) groups excluding carboxylic acids is 1. The number of rotatable bonds is 3. The van der Waals surface area contributed by atoms with Gasteiger partial charge in [0.25, 0.3) is 5.91 Å². The van der Waals surface area contributed by atoms with Gasteiger partial charge in [-0.25, -0.2) is 0 Å². The Morgan fingerprint density at radius 2 is 2.25 bits per heavy atom. The number of ether oxygens (including phenoxy) is 1. The van der Waals surface area contributed by atoms with E-state index < -0.39 is 0 Å². The number of aliphatic hydroxyl groups is 1. The van der Waals surface area contributed by atoms with Crippen molar-refractivity contribution in [3.63, 3.8) is 0 Å². The standard InChI is InChI=1S/C14H21N3O3/c1-4-13-12(5-9(2)15-16-13)14(19)17-6-10(3)20-11(7-17)8-18/h5,10-11,18H,4,6-8H2,1-3H3. The Kier molecular flexibility index (Phi) is 4.67. The molecule has 6 nitrogen and oxygen atoms in total. The molecule has 0 saturated carbocycles. The van der Waals surface area contributed by atoms with Crippen molar-refractivity contribution in [2.75, 3.05) is 19.7 Å². The number of hydrogen-bond donors (Lipinski definition) is 1. The van der Waals surface area contributed by atoms with Crippen LogP contribution in [0.5, 0.6) is 0 Å². The molecule has 1 aromatic rings. The van der Waals surface area contributed by atoms with Crippen LogP contribution in [0.25, 0.3) is 0 Å². The second-order valence-electron chi connectivity index (χ2n) is 5.16. The van der Waals surface area contributed by atoms with Gasteiger partial charge in [-0.3, -0.25) is 4.79 Å². The van der Waals surface area contributed by atoms with Crippen LogP contribution >= 0.6 is 0 Å². The Balaban J connectivity index is 2.24. The Morgan fingerprint density at radius 1 is 1.50 bits per heavy atom. The molecule has 0 spiro atoms. The van der Waals surface area contributed by atoms with E-state index in [-0.39, 0.29) is 24.7 Å². The Hall–Kier alpha value is -1.53. The zero-order chi connectivity index (χ0) is 14.7. The van der Waals surface area contributed by atoms with E-state index in [0.717, 1.165) is 5.69 Å². The first-order valence-electron chi connectivity index (χ1n) is 6.94. The van der Waals surface area contributed by atoms with Gasteiger partial charge in [-0.1, -0.05) is 6.92 Å². The van der Waals surface area contributed by atoms with Gasteiger partial charge in [-0.05, 0) is 26.3 Å².